The van der Waals surface area contributed by atoms with E-state index >= 15 is 0 Å². The van der Waals surface area contributed by atoms with Crippen LogP contribution in [0.1, 0.15) is 69.0 Å². The number of benzene rings is 1. The van der Waals surface area contributed by atoms with Gasteiger partial charge < -0.3 is 26.1 Å². The molecule has 0 unspecified atom stereocenters. The summed E-state index contributed by atoms with van der Waals surface area (Å²) in [7, 11) is 0. The number of primary amides is 1. The summed E-state index contributed by atoms with van der Waals surface area (Å²) in [6.45, 7) is 1.75. The Kier molecular flexibility index (Phi) is 7.42. The SMILES string of the molecule is Cc1ccc([C@H](C(=O)NC2CCCC2)N(Cc2ccccc2Cl)C(=O)c2snc(C(N)=O)c2N)o1. The highest BCUT2D eigenvalue weighted by molar-refractivity contribution is 7.09. The van der Waals surface area contributed by atoms with Crippen molar-refractivity contribution in [2.75, 3.05) is 5.73 Å². The fourth-order valence-corrected chi connectivity index (χ4v) is 5.18. The van der Waals surface area contributed by atoms with Crippen LogP contribution in [0.15, 0.2) is 40.8 Å². The normalized spacial score (nSPS) is 14.6. The molecule has 0 radical (unpaired) electrons. The minimum atomic E-state index is -1.10. The first kappa shape index (κ1) is 24.7. The van der Waals surface area contributed by atoms with E-state index in [0.29, 0.717) is 22.1 Å². The van der Waals surface area contributed by atoms with Crippen LogP contribution >= 0.6 is 23.1 Å². The maximum atomic E-state index is 13.9. The van der Waals surface area contributed by atoms with E-state index in [1.807, 2.05) is 0 Å². The molecule has 1 aliphatic rings. The lowest BCUT2D eigenvalue weighted by Gasteiger charge is -2.31. The Bertz CT molecular complexity index is 1250. The Labute approximate surface area is 211 Å². The number of nitrogens with zero attached hydrogens (tertiary/aromatic N) is 2. The van der Waals surface area contributed by atoms with Gasteiger partial charge in [-0.15, -0.1) is 0 Å². The van der Waals surface area contributed by atoms with Gasteiger partial charge in [0.05, 0.1) is 5.69 Å². The highest BCUT2D eigenvalue weighted by Crippen LogP contribution is 2.32. The van der Waals surface area contributed by atoms with Gasteiger partial charge in [0.1, 0.15) is 16.4 Å². The predicted molar refractivity (Wildman–Crippen MR) is 133 cm³/mol. The molecule has 35 heavy (non-hydrogen) atoms. The van der Waals surface area contributed by atoms with Gasteiger partial charge in [-0.1, -0.05) is 42.6 Å². The van der Waals surface area contributed by atoms with Crippen molar-refractivity contribution in [3.63, 3.8) is 0 Å². The Morgan fingerprint density at radius 2 is 1.94 bits per heavy atom. The molecule has 2 heterocycles. The summed E-state index contributed by atoms with van der Waals surface area (Å²) >= 11 is 7.17. The zero-order valence-electron chi connectivity index (χ0n) is 19.1. The molecule has 5 N–H and O–H groups in total. The Morgan fingerprint density at radius 3 is 2.54 bits per heavy atom. The summed E-state index contributed by atoms with van der Waals surface area (Å²) in [5.74, 6) is -0.903. The molecule has 1 aliphatic carbocycles. The largest absolute Gasteiger partial charge is 0.464 e. The first-order chi connectivity index (χ1) is 16.8. The van der Waals surface area contributed by atoms with Crippen LogP contribution in [-0.2, 0) is 11.3 Å². The molecule has 4 rings (SSSR count). The highest BCUT2D eigenvalue weighted by atomic mass is 35.5. The number of aryl methyl sites for hydroxylation is 1. The van der Waals surface area contributed by atoms with Gasteiger partial charge in [0.25, 0.3) is 17.7 Å². The number of hydrogen-bond acceptors (Lipinski definition) is 7. The number of aromatic nitrogens is 1. The summed E-state index contributed by atoms with van der Waals surface area (Å²) in [5.41, 5.74) is 11.7. The van der Waals surface area contributed by atoms with Crippen molar-refractivity contribution in [1.29, 1.82) is 0 Å². The lowest BCUT2D eigenvalue weighted by Crippen LogP contribution is -2.45. The summed E-state index contributed by atoms with van der Waals surface area (Å²) in [6, 6.07) is 9.37. The van der Waals surface area contributed by atoms with Crippen molar-refractivity contribution in [3.8, 4) is 0 Å². The average molecular weight is 516 g/mol. The smallest absolute Gasteiger partial charge is 0.270 e. The van der Waals surface area contributed by atoms with Crippen LogP contribution < -0.4 is 16.8 Å². The summed E-state index contributed by atoms with van der Waals surface area (Å²) in [6.07, 6.45) is 3.81. The van der Waals surface area contributed by atoms with Gasteiger partial charge in [-0.25, -0.2) is 0 Å². The summed E-state index contributed by atoms with van der Waals surface area (Å²) in [4.78, 5) is 40.6. The quantitative estimate of drug-likeness (QED) is 0.416. The Hall–Kier alpha value is -3.37. The molecule has 0 saturated heterocycles. The molecule has 1 atom stereocenters. The van der Waals surface area contributed by atoms with Gasteiger partial charge >= 0.3 is 0 Å². The highest BCUT2D eigenvalue weighted by Gasteiger charge is 2.38. The number of furan rings is 1. The molecule has 184 valence electrons. The Balaban J connectivity index is 1.79. The molecule has 0 spiro atoms. The second kappa shape index (κ2) is 10.5. The fraction of sp³-hybridized carbons (Fsp3) is 0.333. The topological polar surface area (TPSA) is 145 Å². The number of anilines is 1. The van der Waals surface area contributed by atoms with E-state index in [9.17, 15) is 14.4 Å². The number of carbonyl (C=O) groups excluding carboxylic acids is 3. The minimum Gasteiger partial charge on any atom is -0.464 e. The van der Waals surface area contributed by atoms with Crippen LogP contribution in [0, 0.1) is 6.92 Å². The van der Waals surface area contributed by atoms with E-state index < -0.39 is 17.9 Å². The standard InChI is InChI=1S/C24H26ClN5O4S/c1-13-10-11-17(34-13)20(23(32)28-15-7-3-4-8-15)30(12-14-6-2-5-9-16(14)25)24(33)21-18(26)19(22(27)31)29-35-21/h2,5-6,9-11,15,20H,3-4,7-8,12,26H2,1H3,(H2,27,31)(H,28,32)/t20-/m1/s1. The zero-order chi connectivity index (χ0) is 25.1. The van der Waals surface area contributed by atoms with Crippen molar-refractivity contribution in [2.45, 2.75) is 51.2 Å². The van der Waals surface area contributed by atoms with Crippen LogP contribution in [-0.4, -0.2) is 33.0 Å². The second-order valence-corrected chi connectivity index (χ2v) is 9.68. The van der Waals surface area contributed by atoms with E-state index in [1.54, 1.807) is 43.3 Å². The van der Waals surface area contributed by atoms with Gasteiger partial charge in [0.2, 0.25) is 0 Å². The van der Waals surface area contributed by atoms with Crippen molar-refractivity contribution in [3.05, 3.63) is 69.1 Å². The molecule has 3 aromatic rings. The monoisotopic (exact) mass is 515 g/mol. The minimum absolute atomic E-state index is 0.00722. The van der Waals surface area contributed by atoms with Crippen molar-refractivity contribution >= 4 is 46.5 Å². The third-order valence-electron chi connectivity index (χ3n) is 6.01. The van der Waals surface area contributed by atoms with Crippen LogP contribution in [0.4, 0.5) is 5.69 Å². The maximum absolute atomic E-state index is 13.9. The molecule has 1 saturated carbocycles. The zero-order valence-corrected chi connectivity index (χ0v) is 20.7. The second-order valence-electron chi connectivity index (χ2n) is 8.50. The van der Waals surface area contributed by atoms with Gasteiger partial charge in [-0.05, 0) is 55.1 Å². The van der Waals surface area contributed by atoms with Gasteiger partial charge in [-0.3, -0.25) is 14.4 Å². The first-order valence-corrected chi connectivity index (χ1v) is 12.4. The Morgan fingerprint density at radius 1 is 1.23 bits per heavy atom. The number of carbonyl (C=O) groups is 3. The average Bonchev–Trinajstić information content (AvgIpc) is 3.56. The van der Waals surface area contributed by atoms with E-state index in [4.69, 9.17) is 27.5 Å². The van der Waals surface area contributed by atoms with Gasteiger partial charge in [0.15, 0.2) is 11.7 Å². The number of nitrogens with two attached hydrogens (primary N) is 2. The number of nitrogen functional groups attached to an aromatic ring is 1. The summed E-state index contributed by atoms with van der Waals surface area (Å²) < 4.78 is 9.79. The molecule has 11 heteroatoms. The van der Waals surface area contributed by atoms with E-state index in [-0.39, 0.29) is 34.8 Å². The van der Waals surface area contributed by atoms with E-state index in [2.05, 4.69) is 9.69 Å². The van der Waals surface area contributed by atoms with Crippen LogP contribution in [0.3, 0.4) is 0 Å². The molecular weight excluding hydrogens is 490 g/mol. The van der Waals surface area contributed by atoms with Crippen LogP contribution in [0.25, 0.3) is 0 Å². The van der Waals surface area contributed by atoms with Crippen molar-refractivity contribution in [2.24, 2.45) is 5.73 Å². The number of amides is 3. The van der Waals surface area contributed by atoms with Gasteiger partial charge in [0, 0.05) is 17.6 Å². The van der Waals surface area contributed by atoms with E-state index in [0.717, 1.165) is 37.2 Å². The van der Waals surface area contributed by atoms with Crippen molar-refractivity contribution < 1.29 is 18.8 Å². The molecule has 3 amide bonds. The molecule has 1 fully saturated rings. The molecule has 1 aromatic carbocycles. The number of halogens is 1. The lowest BCUT2D eigenvalue weighted by atomic mass is 10.1. The van der Waals surface area contributed by atoms with Gasteiger partial charge in [-0.2, -0.15) is 4.37 Å². The third kappa shape index (κ3) is 5.33. The molecule has 0 bridgehead atoms. The fourth-order valence-electron chi connectivity index (χ4n) is 4.23. The van der Waals surface area contributed by atoms with Crippen molar-refractivity contribution in [1.82, 2.24) is 14.6 Å². The third-order valence-corrected chi connectivity index (χ3v) is 7.23. The van der Waals surface area contributed by atoms with Crippen LogP contribution in [0.5, 0.6) is 0 Å². The first-order valence-electron chi connectivity index (χ1n) is 11.2. The lowest BCUT2D eigenvalue weighted by molar-refractivity contribution is -0.127. The molecular formula is C24H26ClN5O4S. The summed E-state index contributed by atoms with van der Waals surface area (Å²) in [5, 5.41) is 3.50. The molecule has 9 nitrogen and oxygen atoms in total. The molecule has 0 aliphatic heterocycles. The predicted octanol–water partition coefficient (Wildman–Crippen LogP) is 3.82. The number of nitrogens with one attached hydrogen (secondary N) is 1. The molecule has 2 aromatic heterocycles. The van der Waals surface area contributed by atoms with Crippen LogP contribution in [0.2, 0.25) is 5.02 Å². The number of hydrogen-bond donors (Lipinski definition) is 3. The maximum Gasteiger partial charge on any atom is 0.270 e. The number of rotatable bonds is 8. The van der Waals surface area contributed by atoms with E-state index in [1.165, 1.54) is 4.90 Å².